The first-order valence-electron chi connectivity index (χ1n) is 4.78. The van der Waals surface area contributed by atoms with Crippen molar-refractivity contribution in [1.29, 1.82) is 0 Å². The summed E-state index contributed by atoms with van der Waals surface area (Å²) in [6.45, 7) is 0. The third kappa shape index (κ3) is 1.77. The molecule has 0 aliphatic carbocycles. The highest BCUT2D eigenvalue weighted by Gasteiger charge is 2.22. The molecular formula is C12H11NO3. The molecule has 1 aromatic carbocycles. The molecule has 0 aromatic heterocycles. The number of carbonyl (C=O) groups is 1. The van der Waals surface area contributed by atoms with E-state index in [0.29, 0.717) is 11.5 Å². The van der Waals surface area contributed by atoms with Gasteiger partial charge in [0.1, 0.15) is 11.5 Å². The van der Waals surface area contributed by atoms with Crippen LogP contribution in [0.3, 0.4) is 0 Å². The van der Waals surface area contributed by atoms with Gasteiger partial charge in [0.15, 0.2) is 5.76 Å². The summed E-state index contributed by atoms with van der Waals surface area (Å²) in [5.41, 5.74) is 1.10. The molecule has 16 heavy (non-hydrogen) atoms. The zero-order valence-corrected chi connectivity index (χ0v) is 8.73. The highest BCUT2D eigenvalue weighted by molar-refractivity contribution is 5.96. The Bertz CT molecular complexity index is 474. The molecule has 1 aliphatic rings. The SMILES string of the molecule is CO/C(=C1/NC(=O)C=C1O)c1ccccc1. The lowest BCUT2D eigenvalue weighted by Gasteiger charge is -2.10. The number of ether oxygens (including phenoxy) is 1. The van der Waals surface area contributed by atoms with Gasteiger partial charge in [-0.2, -0.15) is 0 Å². The summed E-state index contributed by atoms with van der Waals surface area (Å²) in [4.78, 5) is 11.1. The Balaban J connectivity index is 2.48. The van der Waals surface area contributed by atoms with E-state index in [1.165, 1.54) is 7.11 Å². The molecule has 0 fully saturated rings. The highest BCUT2D eigenvalue weighted by Crippen LogP contribution is 2.23. The van der Waals surface area contributed by atoms with Gasteiger partial charge in [-0.05, 0) is 0 Å². The van der Waals surface area contributed by atoms with Gasteiger partial charge in [0.05, 0.1) is 7.11 Å². The molecule has 0 bridgehead atoms. The second kappa shape index (κ2) is 4.10. The number of aliphatic hydroxyl groups excluding tert-OH is 1. The average molecular weight is 217 g/mol. The summed E-state index contributed by atoms with van der Waals surface area (Å²) in [6, 6.07) is 9.26. The molecule has 1 amide bonds. The van der Waals surface area contributed by atoms with Crippen molar-refractivity contribution < 1.29 is 14.6 Å². The van der Waals surface area contributed by atoms with Crippen LogP contribution >= 0.6 is 0 Å². The Morgan fingerprint density at radius 1 is 1.31 bits per heavy atom. The van der Waals surface area contributed by atoms with E-state index in [2.05, 4.69) is 5.32 Å². The summed E-state index contributed by atoms with van der Waals surface area (Å²) in [6.07, 6.45) is 1.12. The molecule has 4 nitrogen and oxygen atoms in total. The maximum absolute atomic E-state index is 11.1. The number of benzene rings is 1. The molecule has 0 atom stereocenters. The Morgan fingerprint density at radius 2 is 2.00 bits per heavy atom. The quantitative estimate of drug-likeness (QED) is 0.739. The number of amides is 1. The molecule has 0 radical (unpaired) electrons. The summed E-state index contributed by atoms with van der Waals surface area (Å²) in [5.74, 6) is -0.0103. The van der Waals surface area contributed by atoms with Gasteiger partial charge < -0.3 is 15.2 Å². The first-order chi connectivity index (χ1) is 7.72. The molecule has 1 aromatic rings. The molecule has 1 heterocycles. The van der Waals surface area contributed by atoms with E-state index in [0.717, 1.165) is 11.6 Å². The molecule has 4 heteroatoms. The molecule has 82 valence electrons. The van der Waals surface area contributed by atoms with Crippen LogP contribution in [0.1, 0.15) is 5.56 Å². The lowest BCUT2D eigenvalue weighted by atomic mass is 10.1. The number of nitrogens with one attached hydrogen (secondary N) is 1. The van der Waals surface area contributed by atoms with Gasteiger partial charge in [0.2, 0.25) is 0 Å². The van der Waals surface area contributed by atoms with Crippen LogP contribution in [0.5, 0.6) is 0 Å². The Labute approximate surface area is 92.9 Å². The van der Waals surface area contributed by atoms with Crippen molar-refractivity contribution in [2.24, 2.45) is 0 Å². The summed E-state index contributed by atoms with van der Waals surface area (Å²) < 4.78 is 5.20. The van der Waals surface area contributed by atoms with Gasteiger partial charge in [-0.1, -0.05) is 30.3 Å². The second-order valence-electron chi connectivity index (χ2n) is 3.29. The van der Waals surface area contributed by atoms with Gasteiger partial charge in [0, 0.05) is 11.6 Å². The predicted molar refractivity (Wildman–Crippen MR) is 59.2 cm³/mol. The zero-order chi connectivity index (χ0) is 11.5. The Kier molecular flexibility index (Phi) is 2.64. The number of aliphatic hydroxyl groups is 1. The first-order valence-corrected chi connectivity index (χ1v) is 4.78. The van der Waals surface area contributed by atoms with Crippen molar-refractivity contribution in [2.75, 3.05) is 7.11 Å². The van der Waals surface area contributed by atoms with Crippen molar-refractivity contribution in [1.82, 2.24) is 5.32 Å². The third-order valence-electron chi connectivity index (χ3n) is 2.24. The van der Waals surface area contributed by atoms with Gasteiger partial charge in [0.25, 0.3) is 5.91 Å². The van der Waals surface area contributed by atoms with Gasteiger partial charge in [-0.25, -0.2) is 0 Å². The van der Waals surface area contributed by atoms with Crippen molar-refractivity contribution in [3.8, 4) is 0 Å². The number of carbonyl (C=O) groups excluding carboxylic acids is 1. The van der Waals surface area contributed by atoms with E-state index >= 15 is 0 Å². The fraction of sp³-hybridized carbons (Fsp3) is 0.0833. The van der Waals surface area contributed by atoms with E-state index in [1.807, 2.05) is 30.3 Å². The molecule has 0 saturated heterocycles. The summed E-state index contributed by atoms with van der Waals surface area (Å²) in [7, 11) is 1.49. The van der Waals surface area contributed by atoms with Gasteiger partial charge in [-0.3, -0.25) is 4.79 Å². The molecule has 0 unspecified atom stereocenters. The van der Waals surface area contributed by atoms with Crippen molar-refractivity contribution in [3.63, 3.8) is 0 Å². The first kappa shape index (κ1) is 10.3. The minimum Gasteiger partial charge on any atom is -0.505 e. The lowest BCUT2D eigenvalue weighted by molar-refractivity contribution is -0.115. The molecule has 0 saturated carbocycles. The minimum atomic E-state index is -0.349. The largest absolute Gasteiger partial charge is 0.505 e. The van der Waals surface area contributed by atoms with Gasteiger partial charge >= 0.3 is 0 Å². The molecule has 1 aliphatic heterocycles. The van der Waals surface area contributed by atoms with Crippen LogP contribution in [0.15, 0.2) is 47.9 Å². The maximum atomic E-state index is 11.1. The van der Waals surface area contributed by atoms with E-state index in [-0.39, 0.29) is 11.7 Å². The second-order valence-corrected chi connectivity index (χ2v) is 3.29. The van der Waals surface area contributed by atoms with Crippen LogP contribution in [-0.4, -0.2) is 18.1 Å². The van der Waals surface area contributed by atoms with Crippen molar-refractivity contribution >= 4 is 11.7 Å². The molecular weight excluding hydrogens is 206 g/mol. The van der Waals surface area contributed by atoms with Crippen LogP contribution in [0, 0.1) is 0 Å². The normalized spacial score (nSPS) is 17.8. The number of hydrogen-bond acceptors (Lipinski definition) is 3. The topological polar surface area (TPSA) is 58.6 Å². The van der Waals surface area contributed by atoms with E-state index < -0.39 is 0 Å². The van der Waals surface area contributed by atoms with Gasteiger partial charge in [-0.15, -0.1) is 0 Å². The Hall–Kier alpha value is -2.23. The summed E-state index contributed by atoms with van der Waals surface area (Å²) >= 11 is 0. The number of hydrogen-bond donors (Lipinski definition) is 2. The third-order valence-corrected chi connectivity index (χ3v) is 2.24. The Morgan fingerprint density at radius 3 is 2.50 bits per heavy atom. The van der Waals surface area contributed by atoms with E-state index in [1.54, 1.807) is 0 Å². The van der Waals surface area contributed by atoms with Crippen molar-refractivity contribution in [3.05, 3.63) is 53.4 Å². The minimum absolute atomic E-state index is 0.106. The van der Waals surface area contributed by atoms with Crippen LogP contribution < -0.4 is 5.32 Å². The van der Waals surface area contributed by atoms with E-state index in [9.17, 15) is 9.90 Å². The van der Waals surface area contributed by atoms with Crippen molar-refractivity contribution in [2.45, 2.75) is 0 Å². The molecule has 2 rings (SSSR count). The fourth-order valence-corrected chi connectivity index (χ4v) is 1.55. The number of methoxy groups -OCH3 is 1. The highest BCUT2D eigenvalue weighted by atomic mass is 16.5. The van der Waals surface area contributed by atoms with E-state index in [4.69, 9.17) is 4.74 Å². The summed E-state index contributed by atoms with van der Waals surface area (Å²) in [5, 5.41) is 12.1. The lowest BCUT2D eigenvalue weighted by Crippen LogP contribution is -2.16. The van der Waals surface area contributed by atoms with Crippen LogP contribution in [-0.2, 0) is 9.53 Å². The van der Waals surface area contributed by atoms with Crippen LogP contribution in [0.25, 0.3) is 5.76 Å². The van der Waals surface area contributed by atoms with Crippen LogP contribution in [0.4, 0.5) is 0 Å². The predicted octanol–water partition coefficient (Wildman–Crippen LogP) is 1.57. The monoisotopic (exact) mass is 217 g/mol. The van der Waals surface area contributed by atoms with Crippen LogP contribution in [0.2, 0.25) is 0 Å². The zero-order valence-electron chi connectivity index (χ0n) is 8.73. The molecule has 2 N–H and O–H groups in total. The number of rotatable bonds is 2. The molecule has 0 spiro atoms. The smallest absolute Gasteiger partial charge is 0.252 e. The standard InChI is InChI=1S/C12H11NO3/c1-16-12(8-5-3-2-4-6-8)11-9(14)7-10(15)13-11/h2-7,14H,1H3,(H,13,15)/b12-11+. The maximum Gasteiger partial charge on any atom is 0.252 e. The fourth-order valence-electron chi connectivity index (χ4n) is 1.55. The average Bonchev–Trinajstić information content (AvgIpc) is 2.61.